The number of amides is 2. The molecule has 0 saturated carbocycles. The smallest absolute Gasteiger partial charge is 0.251 e. The van der Waals surface area contributed by atoms with Crippen LogP contribution in [0.15, 0.2) is 47.0 Å². The highest BCUT2D eigenvalue weighted by atomic mass is 32.1. The molecule has 9 heteroatoms. The van der Waals surface area contributed by atoms with Gasteiger partial charge in [0.1, 0.15) is 0 Å². The fourth-order valence-corrected chi connectivity index (χ4v) is 4.37. The van der Waals surface area contributed by atoms with Gasteiger partial charge in [0, 0.05) is 18.7 Å². The summed E-state index contributed by atoms with van der Waals surface area (Å²) in [5, 5.41) is 3.14. The molecule has 2 aliphatic heterocycles. The van der Waals surface area contributed by atoms with Crippen molar-refractivity contribution in [1.29, 1.82) is 0 Å². The van der Waals surface area contributed by atoms with Gasteiger partial charge in [-0.2, -0.15) is 0 Å². The number of thiocarbonyl (C=S) groups is 1. The highest BCUT2D eigenvalue weighted by Crippen LogP contribution is 2.28. The number of carbonyl (C=O) groups excluding carboxylic acids is 2. The molecule has 3 aliphatic rings. The number of hydrogen-bond donors (Lipinski definition) is 1. The summed E-state index contributed by atoms with van der Waals surface area (Å²) in [6.45, 7) is 1.58. The Hall–Kier alpha value is -3.04. The van der Waals surface area contributed by atoms with Gasteiger partial charge in [-0.1, -0.05) is 18.2 Å². The SMILES string of the molecule is COc1ccc(CCNC(=O)C2=CC3=NC(=S)N(CC4CCCO4)C(=O)C3C=C2)cc1OC. The summed E-state index contributed by atoms with van der Waals surface area (Å²) in [5.74, 6) is 0.428. The lowest BCUT2D eigenvalue weighted by molar-refractivity contribution is -0.129. The lowest BCUT2D eigenvalue weighted by atomic mass is 9.91. The largest absolute Gasteiger partial charge is 0.493 e. The lowest BCUT2D eigenvalue weighted by Crippen LogP contribution is -2.49. The van der Waals surface area contributed by atoms with Gasteiger partial charge in [-0.15, -0.1) is 0 Å². The Balaban J connectivity index is 1.36. The van der Waals surface area contributed by atoms with E-state index in [4.69, 9.17) is 26.4 Å². The van der Waals surface area contributed by atoms with E-state index in [9.17, 15) is 9.59 Å². The summed E-state index contributed by atoms with van der Waals surface area (Å²) < 4.78 is 16.2. The zero-order chi connectivity index (χ0) is 23.4. The maximum absolute atomic E-state index is 13.0. The fourth-order valence-electron chi connectivity index (χ4n) is 4.10. The molecule has 1 aromatic carbocycles. The van der Waals surface area contributed by atoms with Gasteiger partial charge in [0.05, 0.1) is 38.5 Å². The van der Waals surface area contributed by atoms with Crippen LogP contribution in [-0.4, -0.2) is 67.6 Å². The molecule has 2 heterocycles. The minimum Gasteiger partial charge on any atom is -0.493 e. The quantitative estimate of drug-likeness (QED) is 0.588. The molecule has 33 heavy (non-hydrogen) atoms. The zero-order valence-corrected chi connectivity index (χ0v) is 19.5. The zero-order valence-electron chi connectivity index (χ0n) is 18.7. The number of rotatable bonds is 8. The van der Waals surface area contributed by atoms with Crippen molar-refractivity contribution in [3.05, 3.63) is 47.6 Å². The predicted molar refractivity (Wildman–Crippen MR) is 128 cm³/mol. The van der Waals surface area contributed by atoms with Crippen LogP contribution in [-0.2, 0) is 20.7 Å². The van der Waals surface area contributed by atoms with E-state index in [2.05, 4.69) is 10.3 Å². The minimum absolute atomic E-state index is 0.00114. The number of aliphatic imine (C=N–C) groups is 1. The first-order chi connectivity index (χ1) is 16.0. The summed E-state index contributed by atoms with van der Waals surface area (Å²) in [4.78, 5) is 31.6. The molecule has 2 atom stereocenters. The van der Waals surface area contributed by atoms with E-state index < -0.39 is 5.92 Å². The van der Waals surface area contributed by atoms with Gasteiger partial charge in [0.15, 0.2) is 11.5 Å². The van der Waals surface area contributed by atoms with E-state index in [1.54, 1.807) is 32.4 Å². The van der Waals surface area contributed by atoms with Crippen molar-refractivity contribution in [2.24, 2.45) is 10.9 Å². The molecule has 1 aliphatic carbocycles. The number of methoxy groups -OCH3 is 2. The van der Waals surface area contributed by atoms with E-state index in [0.29, 0.717) is 48.9 Å². The van der Waals surface area contributed by atoms with Crippen LogP contribution in [0.3, 0.4) is 0 Å². The van der Waals surface area contributed by atoms with Gasteiger partial charge in [-0.25, -0.2) is 4.99 Å². The molecule has 0 radical (unpaired) electrons. The van der Waals surface area contributed by atoms with Crippen LogP contribution in [0.25, 0.3) is 0 Å². The normalized spacial score (nSPS) is 21.9. The third kappa shape index (κ3) is 5.15. The van der Waals surface area contributed by atoms with Crippen LogP contribution >= 0.6 is 12.2 Å². The Bertz CT molecular complexity index is 1040. The van der Waals surface area contributed by atoms with E-state index in [-0.39, 0.29) is 23.0 Å². The first-order valence-corrected chi connectivity index (χ1v) is 11.4. The molecule has 2 amide bonds. The molecule has 1 fully saturated rings. The van der Waals surface area contributed by atoms with Crippen LogP contribution in [0, 0.1) is 5.92 Å². The van der Waals surface area contributed by atoms with Crippen LogP contribution in [0.1, 0.15) is 18.4 Å². The molecule has 4 rings (SSSR count). The van der Waals surface area contributed by atoms with E-state index >= 15 is 0 Å². The second kappa shape index (κ2) is 10.3. The molecule has 1 N–H and O–H groups in total. The molecular formula is C24H27N3O5S. The van der Waals surface area contributed by atoms with Crippen molar-refractivity contribution < 1.29 is 23.8 Å². The number of hydrogen-bond acceptors (Lipinski definition) is 6. The third-order valence-electron chi connectivity index (χ3n) is 5.90. The Morgan fingerprint density at radius 1 is 1.30 bits per heavy atom. The van der Waals surface area contributed by atoms with Crippen molar-refractivity contribution in [2.45, 2.75) is 25.4 Å². The van der Waals surface area contributed by atoms with Crippen molar-refractivity contribution in [3.63, 3.8) is 0 Å². The Morgan fingerprint density at radius 3 is 2.85 bits per heavy atom. The number of fused-ring (bicyclic) bond motifs is 1. The average Bonchev–Trinajstić information content (AvgIpc) is 3.34. The maximum Gasteiger partial charge on any atom is 0.251 e. The van der Waals surface area contributed by atoms with Gasteiger partial charge in [0.2, 0.25) is 11.0 Å². The molecule has 0 bridgehead atoms. The molecule has 1 saturated heterocycles. The van der Waals surface area contributed by atoms with E-state index in [0.717, 1.165) is 18.4 Å². The van der Waals surface area contributed by atoms with Crippen molar-refractivity contribution in [2.75, 3.05) is 33.9 Å². The lowest BCUT2D eigenvalue weighted by Gasteiger charge is -2.32. The van der Waals surface area contributed by atoms with Gasteiger partial charge in [0.25, 0.3) is 5.91 Å². The van der Waals surface area contributed by atoms with Crippen LogP contribution in [0.4, 0.5) is 0 Å². The molecular weight excluding hydrogens is 442 g/mol. The van der Waals surface area contributed by atoms with Gasteiger partial charge in [-0.3, -0.25) is 14.5 Å². The van der Waals surface area contributed by atoms with E-state index in [1.165, 1.54) is 4.90 Å². The van der Waals surface area contributed by atoms with Gasteiger partial charge in [-0.05, 0) is 55.3 Å². The Morgan fingerprint density at radius 2 is 2.12 bits per heavy atom. The van der Waals surface area contributed by atoms with Gasteiger partial charge >= 0.3 is 0 Å². The van der Waals surface area contributed by atoms with E-state index in [1.807, 2.05) is 18.2 Å². The molecule has 174 valence electrons. The van der Waals surface area contributed by atoms with Crippen LogP contribution in [0.5, 0.6) is 11.5 Å². The predicted octanol–water partition coefficient (Wildman–Crippen LogP) is 2.22. The van der Waals surface area contributed by atoms with Gasteiger partial charge < -0.3 is 19.5 Å². The number of nitrogens with zero attached hydrogens (tertiary/aromatic N) is 2. The third-order valence-corrected chi connectivity index (χ3v) is 6.21. The van der Waals surface area contributed by atoms with Crippen molar-refractivity contribution >= 4 is 34.9 Å². The highest BCUT2D eigenvalue weighted by molar-refractivity contribution is 7.80. The monoisotopic (exact) mass is 469 g/mol. The molecule has 1 aromatic rings. The number of allylic oxidation sites excluding steroid dienone is 1. The second-order valence-corrected chi connectivity index (χ2v) is 8.40. The van der Waals surface area contributed by atoms with Crippen molar-refractivity contribution in [1.82, 2.24) is 10.2 Å². The summed E-state index contributed by atoms with van der Waals surface area (Å²) in [7, 11) is 3.18. The molecule has 2 unspecified atom stereocenters. The molecule has 0 aromatic heterocycles. The number of ether oxygens (including phenoxy) is 3. The number of carbonyl (C=O) groups is 2. The first-order valence-electron chi connectivity index (χ1n) is 10.9. The summed E-state index contributed by atoms with van der Waals surface area (Å²) in [6.07, 6.45) is 7.57. The summed E-state index contributed by atoms with van der Waals surface area (Å²) in [6, 6.07) is 5.66. The highest BCUT2D eigenvalue weighted by Gasteiger charge is 2.36. The minimum atomic E-state index is -0.526. The Labute approximate surface area is 198 Å². The number of benzene rings is 1. The number of nitrogens with one attached hydrogen (secondary N) is 1. The van der Waals surface area contributed by atoms with Crippen LogP contribution < -0.4 is 14.8 Å². The molecule has 0 spiro atoms. The first kappa shape index (κ1) is 23.1. The van der Waals surface area contributed by atoms with Crippen LogP contribution in [0.2, 0.25) is 0 Å². The second-order valence-electron chi connectivity index (χ2n) is 8.03. The average molecular weight is 470 g/mol. The maximum atomic E-state index is 13.0. The summed E-state index contributed by atoms with van der Waals surface area (Å²) in [5.41, 5.74) is 1.96. The van der Waals surface area contributed by atoms with Crippen molar-refractivity contribution in [3.8, 4) is 11.5 Å². The standard InChI is InChI=1S/C24H27N3O5S/c1-30-20-8-5-15(12-21(20)31-2)9-10-25-22(28)16-6-7-18-19(13-16)26-24(33)27(23(18)29)14-17-4-3-11-32-17/h5-8,12-13,17-18H,3-4,9-11,14H2,1-2H3,(H,25,28). The Kier molecular flexibility index (Phi) is 7.20. The molecule has 8 nitrogen and oxygen atoms in total. The summed E-state index contributed by atoms with van der Waals surface area (Å²) >= 11 is 5.36. The fraction of sp³-hybridized carbons (Fsp3) is 0.417. The topological polar surface area (TPSA) is 89.5 Å².